The van der Waals surface area contributed by atoms with Gasteiger partial charge in [0.05, 0.1) is 30.8 Å². The van der Waals surface area contributed by atoms with Crippen LogP contribution in [0.4, 0.5) is 0 Å². The molecule has 2 N–H and O–H groups in total. The van der Waals surface area contributed by atoms with Crippen LogP contribution in [0.1, 0.15) is 30.7 Å². The van der Waals surface area contributed by atoms with Crippen LogP contribution in [0.25, 0.3) is 0 Å². The number of Topliss-reactive ketones (excluding diaryl/α,β-unsaturated/α-hetero) is 1. The molecule has 1 atom stereocenters. The SMILES string of the molecule is CSc1ccc(C2C(C#N)=C(N)N(N3CCOCC3)C3=C2C(=O)CCC3)cc1. The van der Waals surface area contributed by atoms with E-state index in [9.17, 15) is 10.1 Å². The summed E-state index contributed by atoms with van der Waals surface area (Å²) < 4.78 is 5.47. The van der Waals surface area contributed by atoms with Gasteiger partial charge in [-0.25, -0.2) is 5.01 Å². The largest absolute Gasteiger partial charge is 0.383 e. The van der Waals surface area contributed by atoms with Crippen LogP contribution in [0.2, 0.25) is 0 Å². The number of nitriles is 1. The Hall–Kier alpha value is -2.27. The van der Waals surface area contributed by atoms with Crippen molar-refractivity contribution in [3.05, 3.63) is 52.5 Å². The molecule has 1 aromatic rings. The number of nitrogens with two attached hydrogens (primary N) is 1. The zero-order chi connectivity index (χ0) is 19.7. The quantitative estimate of drug-likeness (QED) is 0.787. The van der Waals surface area contributed by atoms with Gasteiger partial charge in [-0.3, -0.25) is 9.80 Å². The predicted molar refractivity (Wildman–Crippen MR) is 108 cm³/mol. The molecule has 28 heavy (non-hydrogen) atoms. The van der Waals surface area contributed by atoms with Crippen LogP contribution >= 0.6 is 11.8 Å². The van der Waals surface area contributed by atoms with Crippen LogP contribution in [-0.2, 0) is 9.53 Å². The van der Waals surface area contributed by atoms with Gasteiger partial charge in [0.2, 0.25) is 0 Å². The summed E-state index contributed by atoms with van der Waals surface area (Å²) in [6.07, 6.45) is 4.15. The van der Waals surface area contributed by atoms with E-state index >= 15 is 0 Å². The number of carbonyl (C=O) groups is 1. The molecule has 0 saturated carbocycles. The molecule has 146 valence electrons. The van der Waals surface area contributed by atoms with Gasteiger partial charge in [0, 0.05) is 35.7 Å². The maximum Gasteiger partial charge on any atom is 0.161 e. The van der Waals surface area contributed by atoms with Gasteiger partial charge in [-0.2, -0.15) is 5.26 Å². The van der Waals surface area contributed by atoms with Crippen molar-refractivity contribution in [3.8, 4) is 6.07 Å². The Labute approximate surface area is 169 Å². The van der Waals surface area contributed by atoms with Gasteiger partial charge in [-0.15, -0.1) is 11.8 Å². The summed E-state index contributed by atoms with van der Waals surface area (Å²) in [5.74, 6) is 0.177. The summed E-state index contributed by atoms with van der Waals surface area (Å²) in [7, 11) is 0. The third kappa shape index (κ3) is 3.22. The fourth-order valence-corrected chi connectivity index (χ4v) is 4.68. The lowest BCUT2D eigenvalue weighted by atomic mass is 9.76. The van der Waals surface area contributed by atoms with Gasteiger partial charge in [0.25, 0.3) is 0 Å². The van der Waals surface area contributed by atoms with E-state index in [1.807, 2.05) is 35.5 Å². The molecule has 1 saturated heterocycles. The summed E-state index contributed by atoms with van der Waals surface area (Å²) in [6.45, 7) is 2.61. The number of morpholine rings is 1. The Morgan fingerprint density at radius 2 is 1.93 bits per heavy atom. The third-order valence-electron chi connectivity index (χ3n) is 5.61. The first kappa shape index (κ1) is 19.1. The molecule has 0 amide bonds. The van der Waals surface area contributed by atoms with Crippen molar-refractivity contribution in [2.75, 3.05) is 32.6 Å². The molecule has 3 aliphatic rings. The predicted octanol–water partition coefficient (Wildman–Crippen LogP) is 2.76. The normalized spacial score (nSPS) is 23.6. The molecule has 0 aromatic heterocycles. The van der Waals surface area contributed by atoms with E-state index in [2.05, 4.69) is 11.1 Å². The molecule has 1 unspecified atom stereocenters. The minimum absolute atomic E-state index is 0.124. The Kier molecular flexibility index (Phi) is 5.44. The minimum atomic E-state index is -0.388. The van der Waals surface area contributed by atoms with E-state index in [1.165, 1.54) is 0 Å². The van der Waals surface area contributed by atoms with Gasteiger partial charge in [0.15, 0.2) is 5.78 Å². The summed E-state index contributed by atoms with van der Waals surface area (Å²) in [5, 5.41) is 14.0. The topological polar surface area (TPSA) is 82.6 Å². The molecule has 1 fully saturated rings. The van der Waals surface area contributed by atoms with Gasteiger partial charge in [0.1, 0.15) is 5.82 Å². The minimum Gasteiger partial charge on any atom is -0.383 e. The second-order valence-electron chi connectivity index (χ2n) is 7.13. The molecule has 2 aliphatic heterocycles. The van der Waals surface area contributed by atoms with E-state index in [1.54, 1.807) is 11.8 Å². The number of rotatable bonds is 3. The maximum atomic E-state index is 13.0. The fraction of sp³-hybridized carbons (Fsp3) is 0.429. The summed E-state index contributed by atoms with van der Waals surface area (Å²) in [6, 6.07) is 10.4. The van der Waals surface area contributed by atoms with Crippen molar-refractivity contribution < 1.29 is 9.53 Å². The number of hydrazine groups is 1. The average Bonchev–Trinajstić information content (AvgIpc) is 2.74. The van der Waals surface area contributed by atoms with Gasteiger partial charge >= 0.3 is 0 Å². The van der Waals surface area contributed by atoms with Gasteiger partial charge < -0.3 is 10.5 Å². The number of allylic oxidation sites excluding steroid dienone is 3. The molecular formula is C21H24N4O2S. The molecule has 1 aromatic carbocycles. The second-order valence-corrected chi connectivity index (χ2v) is 8.01. The van der Waals surface area contributed by atoms with Gasteiger partial charge in [-0.1, -0.05) is 12.1 Å². The smallest absolute Gasteiger partial charge is 0.161 e. The average molecular weight is 397 g/mol. The number of carbonyl (C=O) groups excluding carboxylic acids is 1. The number of ketones is 1. The van der Waals surface area contributed by atoms with Crippen LogP contribution < -0.4 is 5.73 Å². The van der Waals surface area contributed by atoms with Crippen molar-refractivity contribution in [2.24, 2.45) is 5.73 Å². The number of ether oxygens (including phenoxy) is 1. The van der Waals surface area contributed by atoms with Crippen molar-refractivity contribution in [2.45, 2.75) is 30.1 Å². The first-order valence-electron chi connectivity index (χ1n) is 9.58. The highest BCUT2D eigenvalue weighted by molar-refractivity contribution is 7.98. The van der Waals surface area contributed by atoms with E-state index < -0.39 is 0 Å². The zero-order valence-corrected chi connectivity index (χ0v) is 16.8. The fourth-order valence-electron chi connectivity index (χ4n) is 4.27. The van der Waals surface area contributed by atoms with Crippen LogP contribution in [0.3, 0.4) is 0 Å². The van der Waals surface area contributed by atoms with Crippen LogP contribution in [0.15, 0.2) is 51.8 Å². The highest BCUT2D eigenvalue weighted by Crippen LogP contribution is 2.45. The van der Waals surface area contributed by atoms with Crippen LogP contribution in [0.5, 0.6) is 0 Å². The first-order chi connectivity index (χ1) is 13.7. The summed E-state index contributed by atoms with van der Waals surface area (Å²) in [4.78, 5) is 14.2. The second kappa shape index (κ2) is 8.00. The number of hydrogen-bond donors (Lipinski definition) is 1. The number of benzene rings is 1. The molecule has 6 nitrogen and oxygen atoms in total. The first-order valence-corrected chi connectivity index (χ1v) is 10.8. The Morgan fingerprint density at radius 3 is 2.57 bits per heavy atom. The molecule has 0 spiro atoms. The molecular weight excluding hydrogens is 372 g/mol. The van der Waals surface area contributed by atoms with E-state index in [0.29, 0.717) is 44.1 Å². The molecule has 7 heteroatoms. The highest BCUT2D eigenvalue weighted by Gasteiger charge is 2.41. The van der Waals surface area contributed by atoms with E-state index in [0.717, 1.165) is 34.6 Å². The van der Waals surface area contributed by atoms with Crippen molar-refractivity contribution >= 4 is 17.5 Å². The number of hydrogen-bond acceptors (Lipinski definition) is 7. The number of nitrogens with zero attached hydrogens (tertiary/aromatic N) is 3. The lowest BCUT2D eigenvalue weighted by Gasteiger charge is -2.45. The van der Waals surface area contributed by atoms with Gasteiger partial charge in [-0.05, 0) is 36.8 Å². The van der Waals surface area contributed by atoms with Crippen molar-refractivity contribution in [1.82, 2.24) is 10.0 Å². The Morgan fingerprint density at radius 1 is 1.21 bits per heavy atom. The Balaban J connectivity index is 1.85. The lowest BCUT2D eigenvalue weighted by molar-refractivity contribution is -0.117. The molecule has 2 heterocycles. The van der Waals surface area contributed by atoms with Crippen LogP contribution in [0, 0.1) is 11.3 Å². The number of thioether (sulfide) groups is 1. The molecule has 0 bridgehead atoms. The lowest BCUT2D eigenvalue weighted by Crippen LogP contribution is -2.52. The maximum absolute atomic E-state index is 13.0. The summed E-state index contributed by atoms with van der Waals surface area (Å²) in [5.41, 5.74) is 9.64. The zero-order valence-electron chi connectivity index (χ0n) is 16.0. The third-order valence-corrected chi connectivity index (χ3v) is 6.35. The van der Waals surface area contributed by atoms with Crippen LogP contribution in [-0.4, -0.2) is 48.4 Å². The monoisotopic (exact) mass is 396 g/mol. The van der Waals surface area contributed by atoms with E-state index in [-0.39, 0.29) is 11.7 Å². The highest BCUT2D eigenvalue weighted by atomic mass is 32.2. The summed E-state index contributed by atoms with van der Waals surface area (Å²) >= 11 is 1.67. The standard InChI is InChI=1S/C21H24N4O2S/c1-28-15-7-5-14(6-8-15)19-16(13-22)21(23)25(24-9-11-27-12-10-24)17-3-2-4-18(26)20(17)19/h5-8,19H,2-4,9-12,23H2,1H3. The Bertz CT molecular complexity index is 879. The van der Waals surface area contributed by atoms with Crippen molar-refractivity contribution in [3.63, 3.8) is 0 Å². The molecule has 1 aliphatic carbocycles. The van der Waals surface area contributed by atoms with Crippen molar-refractivity contribution in [1.29, 1.82) is 5.26 Å². The molecule has 4 rings (SSSR count). The van der Waals surface area contributed by atoms with E-state index in [4.69, 9.17) is 10.5 Å². The molecule has 0 radical (unpaired) electrons.